The van der Waals surface area contributed by atoms with E-state index < -0.39 is 5.92 Å². The summed E-state index contributed by atoms with van der Waals surface area (Å²) in [6, 6.07) is 8.08. The molecule has 5 heteroatoms. The van der Waals surface area contributed by atoms with Gasteiger partial charge in [0.1, 0.15) is 12.0 Å². The standard InChI is InChI=1S/C17H24N2O3/c1-19-13-6-7-14(19)9-15(8-13)22-17(21)16(10-20)11-2-4-12(18)5-3-11/h2-5,13-16,20H,6-10,18H2,1H3/t13-,14+,15?,16?. The van der Waals surface area contributed by atoms with E-state index >= 15 is 0 Å². The number of fused-ring (bicyclic) bond motifs is 2. The van der Waals surface area contributed by atoms with Crippen LogP contribution in [0.1, 0.15) is 37.2 Å². The highest BCUT2D eigenvalue weighted by molar-refractivity contribution is 5.78. The van der Waals surface area contributed by atoms with Crippen LogP contribution in [0.15, 0.2) is 24.3 Å². The third-order valence-corrected chi connectivity index (χ3v) is 5.14. The molecule has 0 amide bonds. The normalized spacial score (nSPS) is 29.3. The van der Waals surface area contributed by atoms with Crippen LogP contribution in [0.5, 0.6) is 0 Å². The van der Waals surface area contributed by atoms with Crippen LogP contribution in [-0.2, 0) is 9.53 Å². The molecule has 4 atom stereocenters. The molecule has 1 aromatic carbocycles. The summed E-state index contributed by atoms with van der Waals surface area (Å²) < 4.78 is 5.70. The number of aliphatic hydroxyl groups is 1. The van der Waals surface area contributed by atoms with Crippen molar-refractivity contribution >= 4 is 11.7 Å². The van der Waals surface area contributed by atoms with Gasteiger partial charge in [-0.1, -0.05) is 12.1 Å². The smallest absolute Gasteiger partial charge is 0.316 e. The first-order chi connectivity index (χ1) is 10.6. The van der Waals surface area contributed by atoms with Crippen molar-refractivity contribution in [3.05, 3.63) is 29.8 Å². The summed E-state index contributed by atoms with van der Waals surface area (Å²) in [4.78, 5) is 14.8. The molecule has 0 aromatic heterocycles. The number of nitrogens with zero attached hydrogens (tertiary/aromatic N) is 1. The van der Waals surface area contributed by atoms with E-state index in [4.69, 9.17) is 10.5 Å². The van der Waals surface area contributed by atoms with Gasteiger partial charge in [0.05, 0.1) is 6.61 Å². The largest absolute Gasteiger partial charge is 0.462 e. The Morgan fingerprint density at radius 1 is 1.32 bits per heavy atom. The fourth-order valence-corrected chi connectivity index (χ4v) is 3.75. The van der Waals surface area contributed by atoms with Crippen molar-refractivity contribution in [2.75, 3.05) is 19.4 Å². The van der Waals surface area contributed by atoms with Gasteiger partial charge in [-0.15, -0.1) is 0 Å². The summed E-state index contributed by atoms with van der Waals surface area (Å²) in [5.74, 6) is -0.959. The number of nitrogens with two attached hydrogens (primary N) is 1. The van der Waals surface area contributed by atoms with Crippen molar-refractivity contribution in [2.45, 2.75) is 49.8 Å². The predicted molar refractivity (Wildman–Crippen MR) is 84.4 cm³/mol. The highest BCUT2D eigenvalue weighted by Gasteiger charge is 2.40. The van der Waals surface area contributed by atoms with Gasteiger partial charge < -0.3 is 20.5 Å². The summed E-state index contributed by atoms with van der Waals surface area (Å²) in [5.41, 5.74) is 7.05. The number of ether oxygens (including phenoxy) is 1. The first-order valence-electron chi connectivity index (χ1n) is 7.97. The molecule has 5 nitrogen and oxygen atoms in total. The Labute approximate surface area is 131 Å². The molecule has 22 heavy (non-hydrogen) atoms. The monoisotopic (exact) mass is 304 g/mol. The molecule has 0 saturated carbocycles. The maximum Gasteiger partial charge on any atom is 0.316 e. The van der Waals surface area contributed by atoms with Gasteiger partial charge in [0.15, 0.2) is 0 Å². The molecule has 2 aliphatic rings. The lowest BCUT2D eigenvalue weighted by Gasteiger charge is -2.36. The van der Waals surface area contributed by atoms with Gasteiger partial charge >= 0.3 is 5.97 Å². The van der Waals surface area contributed by atoms with Crippen molar-refractivity contribution in [3.8, 4) is 0 Å². The maximum atomic E-state index is 12.4. The Morgan fingerprint density at radius 2 is 1.91 bits per heavy atom. The predicted octanol–water partition coefficient (Wildman–Crippen LogP) is 1.51. The van der Waals surface area contributed by atoms with Crippen molar-refractivity contribution in [2.24, 2.45) is 0 Å². The summed E-state index contributed by atoms with van der Waals surface area (Å²) >= 11 is 0. The second kappa shape index (κ2) is 6.26. The number of aliphatic hydroxyl groups excluding tert-OH is 1. The molecule has 0 aliphatic carbocycles. The molecule has 2 bridgehead atoms. The van der Waals surface area contributed by atoms with Gasteiger partial charge in [0.2, 0.25) is 0 Å². The molecule has 2 unspecified atom stereocenters. The molecule has 0 radical (unpaired) electrons. The zero-order valence-corrected chi connectivity index (χ0v) is 12.9. The van der Waals surface area contributed by atoms with Crippen molar-refractivity contribution in [1.82, 2.24) is 4.90 Å². The molecular weight excluding hydrogens is 280 g/mol. The van der Waals surface area contributed by atoms with Gasteiger partial charge in [-0.25, -0.2) is 0 Å². The summed E-state index contributed by atoms with van der Waals surface area (Å²) in [6.45, 7) is -0.248. The van der Waals surface area contributed by atoms with E-state index in [2.05, 4.69) is 11.9 Å². The van der Waals surface area contributed by atoms with Crippen LogP contribution in [-0.4, -0.2) is 47.8 Å². The Kier molecular flexibility index (Phi) is 4.36. The molecule has 0 spiro atoms. The third kappa shape index (κ3) is 2.96. The van der Waals surface area contributed by atoms with E-state index in [9.17, 15) is 9.90 Å². The molecule has 2 heterocycles. The SMILES string of the molecule is CN1[C@@H]2CC[C@H]1CC(OC(=O)C(CO)c1ccc(N)cc1)C2. The number of hydrogen-bond donors (Lipinski definition) is 2. The average molecular weight is 304 g/mol. The lowest BCUT2D eigenvalue weighted by molar-refractivity contribution is -0.155. The van der Waals surface area contributed by atoms with Crippen molar-refractivity contribution in [3.63, 3.8) is 0 Å². The first-order valence-corrected chi connectivity index (χ1v) is 7.97. The number of nitrogen functional groups attached to an aromatic ring is 1. The van der Waals surface area contributed by atoms with E-state index in [0.717, 1.165) is 18.4 Å². The minimum atomic E-state index is -0.627. The second-order valence-corrected chi connectivity index (χ2v) is 6.48. The molecular formula is C17H24N2O3. The van der Waals surface area contributed by atoms with Gasteiger partial charge in [-0.05, 0) is 50.4 Å². The maximum absolute atomic E-state index is 12.4. The number of rotatable bonds is 4. The van der Waals surface area contributed by atoms with E-state index in [0.29, 0.717) is 17.8 Å². The van der Waals surface area contributed by atoms with E-state index in [1.165, 1.54) is 12.8 Å². The highest BCUT2D eigenvalue weighted by Crippen LogP contribution is 2.36. The van der Waals surface area contributed by atoms with Crippen molar-refractivity contribution < 1.29 is 14.6 Å². The molecule has 120 valence electrons. The third-order valence-electron chi connectivity index (χ3n) is 5.14. The number of anilines is 1. The molecule has 2 aliphatic heterocycles. The molecule has 1 aromatic rings. The van der Waals surface area contributed by atoms with Crippen LogP contribution in [0.25, 0.3) is 0 Å². The Morgan fingerprint density at radius 3 is 2.45 bits per heavy atom. The van der Waals surface area contributed by atoms with Crippen LogP contribution < -0.4 is 5.73 Å². The minimum absolute atomic E-state index is 0.0240. The summed E-state index contributed by atoms with van der Waals surface area (Å²) in [7, 11) is 2.16. The molecule has 3 rings (SSSR count). The van der Waals surface area contributed by atoms with Crippen LogP contribution in [0, 0.1) is 0 Å². The van der Waals surface area contributed by atoms with Crippen molar-refractivity contribution in [1.29, 1.82) is 0 Å². The fraction of sp³-hybridized carbons (Fsp3) is 0.588. The molecule has 2 saturated heterocycles. The van der Waals surface area contributed by atoms with Crippen LogP contribution >= 0.6 is 0 Å². The average Bonchev–Trinajstić information content (AvgIpc) is 2.72. The quantitative estimate of drug-likeness (QED) is 0.651. The number of hydrogen-bond acceptors (Lipinski definition) is 5. The van der Waals surface area contributed by atoms with E-state index in [-0.39, 0.29) is 18.7 Å². The van der Waals surface area contributed by atoms with Gasteiger partial charge in [0.25, 0.3) is 0 Å². The van der Waals surface area contributed by atoms with Crippen LogP contribution in [0.2, 0.25) is 0 Å². The van der Waals surface area contributed by atoms with E-state index in [1.807, 2.05) is 0 Å². The molecule has 3 N–H and O–H groups in total. The lowest BCUT2D eigenvalue weighted by Crippen LogP contribution is -2.43. The first kappa shape index (κ1) is 15.3. The van der Waals surface area contributed by atoms with Gasteiger partial charge in [-0.2, -0.15) is 0 Å². The summed E-state index contributed by atoms with van der Waals surface area (Å²) in [6.07, 6.45) is 4.16. The van der Waals surface area contributed by atoms with Crippen LogP contribution in [0.4, 0.5) is 5.69 Å². The Bertz CT molecular complexity index is 517. The molecule has 2 fully saturated rings. The zero-order chi connectivity index (χ0) is 15.7. The van der Waals surface area contributed by atoms with Gasteiger partial charge in [0, 0.05) is 17.8 Å². The number of carbonyl (C=O) groups is 1. The highest BCUT2D eigenvalue weighted by atomic mass is 16.5. The summed E-state index contributed by atoms with van der Waals surface area (Å²) in [5, 5.41) is 9.57. The second-order valence-electron chi connectivity index (χ2n) is 6.48. The topological polar surface area (TPSA) is 75.8 Å². The van der Waals surface area contributed by atoms with Gasteiger partial charge in [-0.3, -0.25) is 4.79 Å². The number of esters is 1. The Hall–Kier alpha value is -1.59. The lowest BCUT2D eigenvalue weighted by atomic mass is 9.98. The minimum Gasteiger partial charge on any atom is -0.462 e. The fourth-order valence-electron chi connectivity index (χ4n) is 3.75. The Balaban J connectivity index is 1.64. The van der Waals surface area contributed by atoms with E-state index in [1.54, 1.807) is 24.3 Å². The number of benzene rings is 1. The number of carbonyl (C=O) groups excluding carboxylic acids is 1. The number of piperidine rings is 1. The van der Waals surface area contributed by atoms with Crippen LogP contribution in [0.3, 0.4) is 0 Å². The zero-order valence-electron chi connectivity index (χ0n) is 12.9.